The van der Waals surface area contributed by atoms with Gasteiger partial charge in [-0.3, -0.25) is 4.57 Å². The summed E-state index contributed by atoms with van der Waals surface area (Å²) in [5.41, 5.74) is 1.80. The summed E-state index contributed by atoms with van der Waals surface area (Å²) >= 11 is 0. The highest BCUT2D eigenvalue weighted by molar-refractivity contribution is 5.78. The zero-order valence-electron chi connectivity index (χ0n) is 17.3. The number of hydrogen-bond acceptors (Lipinski definition) is 4. The number of carbonyl (C=O) groups excluding carboxylic acids is 1. The van der Waals surface area contributed by atoms with Gasteiger partial charge < -0.3 is 15.0 Å². The van der Waals surface area contributed by atoms with Gasteiger partial charge in [0.2, 0.25) is 0 Å². The first-order valence-electron chi connectivity index (χ1n) is 11.0. The van der Waals surface area contributed by atoms with E-state index in [-0.39, 0.29) is 6.03 Å². The molecule has 0 bridgehead atoms. The number of ether oxygens (including phenoxy) is 1. The predicted octanol–water partition coefficient (Wildman–Crippen LogP) is 4.16. The van der Waals surface area contributed by atoms with Crippen molar-refractivity contribution in [3.63, 3.8) is 0 Å². The minimum absolute atomic E-state index is 0.00225. The molecule has 1 saturated carbocycles. The Hall–Kier alpha value is -2.34. The molecule has 156 valence electrons. The summed E-state index contributed by atoms with van der Waals surface area (Å²) in [6.45, 7) is 2.95. The van der Waals surface area contributed by atoms with Crippen LogP contribution in [0, 0.1) is 5.92 Å². The van der Waals surface area contributed by atoms with Crippen molar-refractivity contribution in [2.75, 3.05) is 26.7 Å². The van der Waals surface area contributed by atoms with Gasteiger partial charge in [0.15, 0.2) is 0 Å². The molecule has 1 saturated heterocycles. The highest BCUT2D eigenvalue weighted by atomic mass is 16.5. The zero-order chi connectivity index (χ0) is 20.1. The average molecular weight is 397 g/mol. The van der Waals surface area contributed by atoms with E-state index in [1.54, 1.807) is 10.9 Å². The van der Waals surface area contributed by atoms with Crippen LogP contribution in [0.15, 0.2) is 36.8 Å². The summed E-state index contributed by atoms with van der Waals surface area (Å²) in [6.07, 6.45) is 11.7. The van der Waals surface area contributed by atoms with Crippen molar-refractivity contribution in [2.24, 2.45) is 5.92 Å². The number of amides is 1. The highest BCUT2D eigenvalue weighted by Gasteiger charge is 2.23. The topological polar surface area (TPSA) is 59.4 Å². The molecule has 1 aliphatic heterocycles. The first-order valence-corrected chi connectivity index (χ1v) is 11.0. The summed E-state index contributed by atoms with van der Waals surface area (Å²) in [4.78, 5) is 19.1. The van der Waals surface area contributed by atoms with Crippen molar-refractivity contribution in [3.05, 3.63) is 36.8 Å². The fourth-order valence-electron chi connectivity index (χ4n) is 4.37. The van der Waals surface area contributed by atoms with Crippen molar-refractivity contribution in [2.45, 2.75) is 51.0 Å². The lowest BCUT2D eigenvalue weighted by atomic mass is 9.95. The second kappa shape index (κ2) is 9.44. The maximum Gasteiger partial charge on any atom is 0.329 e. The molecule has 1 aliphatic carbocycles. The Bertz CT molecular complexity index is 789. The molecular weight excluding hydrogens is 364 g/mol. The molecule has 1 N–H and O–H groups in total. The van der Waals surface area contributed by atoms with Gasteiger partial charge in [0.1, 0.15) is 12.1 Å². The normalized spacial score (nSPS) is 18.5. The predicted molar refractivity (Wildman–Crippen MR) is 114 cm³/mol. The van der Waals surface area contributed by atoms with Crippen LogP contribution in [0.25, 0.3) is 11.3 Å². The van der Waals surface area contributed by atoms with E-state index in [1.165, 1.54) is 32.1 Å². The summed E-state index contributed by atoms with van der Waals surface area (Å²) in [5.74, 6) is 1.53. The Labute approximate surface area is 173 Å². The van der Waals surface area contributed by atoms with Crippen LogP contribution >= 0.6 is 0 Å². The summed E-state index contributed by atoms with van der Waals surface area (Å²) in [5, 5.41) is 3.38. The first kappa shape index (κ1) is 20.0. The zero-order valence-corrected chi connectivity index (χ0v) is 17.3. The van der Waals surface area contributed by atoms with Gasteiger partial charge >= 0.3 is 6.03 Å². The van der Waals surface area contributed by atoms with Crippen LogP contribution in [-0.4, -0.2) is 53.3 Å². The molecule has 1 aromatic carbocycles. The maximum absolute atomic E-state index is 12.8. The van der Waals surface area contributed by atoms with Gasteiger partial charge in [-0.2, -0.15) is 0 Å². The molecule has 2 heterocycles. The van der Waals surface area contributed by atoms with E-state index in [0.29, 0.717) is 12.0 Å². The van der Waals surface area contributed by atoms with Gasteiger partial charge in [0, 0.05) is 24.8 Å². The highest BCUT2D eigenvalue weighted by Crippen LogP contribution is 2.24. The van der Waals surface area contributed by atoms with E-state index in [4.69, 9.17) is 4.74 Å². The second-order valence-electron chi connectivity index (χ2n) is 8.38. The molecule has 4 rings (SSSR count). The largest absolute Gasteiger partial charge is 0.493 e. The summed E-state index contributed by atoms with van der Waals surface area (Å²) in [6, 6.07) is 8.35. The van der Waals surface area contributed by atoms with Gasteiger partial charge in [-0.15, -0.1) is 0 Å². The molecule has 29 heavy (non-hydrogen) atoms. The lowest BCUT2D eigenvalue weighted by Gasteiger charge is -2.31. The molecule has 0 atom stereocenters. The molecule has 6 heteroatoms. The lowest BCUT2D eigenvalue weighted by Crippen LogP contribution is -2.40. The number of aromatic nitrogens is 2. The van der Waals surface area contributed by atoms with Gasteiger partial charge in [0.25, 0.3) is 0 Å². The minimum Gasteiger partial charge on any atom is -0.493 e. The minimum atomic E-state index is -0.00225. The Morgan fingerprint density at radius 1 is 1.14 bits per heavy atom. The van der Waals surface area contributed by atoms with E-state index in [0.717, 1.165) is 49.5 Å². The maximum atomic E-state index is 12.8. The fraction of sp³-hybridized carbons (Fsp3) is 0.565. The number of piperidine rings is 1. The van der Waals surface area contributed by atoms with Crippen LogP contribution in [0.2, 0.25) is 0 Å². The Morgan fingerprint density at radius 2 is 1.86 bits per heavy atom. The van der Waals surface area contributed by atoms with Crippen LogP contribution < -0.4 is 10.1 Å². The van der Waals surface area contributed by atoms with Gasteiger partial charge in [-0.05, 0) is 69.0 Å². The summed E-state index contributed by atoms with van der Waals surface area (Å²) < 4.78 is 7.57. The molecule has 1 aromatic heterocycles. The van der Waals surface area contributed by atoms with Crippen molar-refractivity contribution in [3.8, 4) is 17.0 Å². The molecule has 1 amide bonds. The number of carbonyl (C=O) groups is 1. The number of benzene rings is 1. The van der Waals surface area contributed by atoms with Crippen molar-refractivity contribution >= 4 is 6.03 Å². The van der Waals surface area contributed by atoms with Crippen molar-refractivity contribution in [1.82, 2.24) is 19.8 Å². The van der Waals surface area contributed by atoms with E-state index >= 15 is 0 Å². The molecule has 2 aliphatic rings. The lowest BCUT2D eigenvalue weighted by molar-refractivity contribution is 0.175. The van der Waals surface area contributed by atoms with E-state index in [1.807, 2.05) is 42.4 Å². The van der Waals surface area contributed by atoms with Crippen molar-refractivity contribution < 1.29 is 9.53 Å². The third-order valence-electron chi connectivity index (χ3n) is 6.32. The van der Waals surface area contributed by atoms with E-state index in [9.17, 15) is 4.79 Å². The third-order valence-corrected chi connectivity index (χ3v) is 6.32. The second-order valence-corrected chi connectivity index (χ2v) is 8.38. The fourth-order valence-corrected chi connectivity index (χ4v) is 4.37. The van der Waals surface area contributed by atoms with Gasteiger partial charge in [0.05, 0.1) is 12.3 Å². The number of hydrogen-bond donors (Lipinski definition) is 1. The summed E-state index contributed by atoms with van der Waals surface area (Å²) in [7, 11) is 1.91. The van der Waals surface area contributed by atoms with E-state index < -0.39 is 0 Å². The molecule has 2 fully saturated rings. The molecular formula is C23H32N4O2. The van der Waals surface area contributed by atoms with Gasteiger partial charge in [-0.25, -0.2) is 9.78 Å². The molecule has 0 spiro atoms. The van der Waals surface area contributed by atoms with Crippen LogP contribution in [0.3, 0.4) is 0 Å². The van der Waals surface area contributed by atoms with Crippen molar-refractivity contribution in [1.29, 1.82) is 0 Å². The monoisotopic (exact) mass is 396 g/mol. The molecule has 0 radical (unpaired) electrons. The van der Waals surface area contributed by atoms with Gasteiger partial charge in [-0.1, -0.05) is 19.3 Å². The smallest absolute Gasteiger partial charge is 0.329 e. The SMILES string of the molecule is CN(C(=O)n1cnc(-c2ccc(OCC3CCNCC3)cc2)c1)C1CCCCC1. The standard InChI is InChI=1S/C23H32N4O2/c1-26(20-5-3-2-4-6-20)23(28)27-15-22(25-17-27)19-7-9-21(10-8-19)29-16-18-11-13-24-14-12-18/h7-10,15,17-18,20,24H,2-6,11-14,16H2,1H3. The quantitative estimate of drug-likeness (QED) is 0.824. The Balaban J connectivity index is 1.35. The average Bonchev–Trinajstić information content (AvgIpc) is 3.28. The van der Waals surface area contributed by atoms with Crippen LogP contribution in [0.4, 0.5) is 4.79 Å². The molecule has 6 nitrogen and oxygen atoms in total. The van der Waals surface area contributed by atoms with Crippen LogP contribution in [0.1, 0.15) is 44.9 Å². The Morgan fingerprint density at radius 3 is 2.59 bits per heavy atom. The number of nitrogens with zero attached hydrogens (tertiary/aromatic N) is 3. The van der Waals surface area contributed by atoms with E-state index in [2.05, 4.69) is 10.3 Å². The van der Waals surface area contributed by atoms with Crippen LogP contribution in [-0.2, 0) is 0 Å². The van der Waals surface area contributed by atoms with Crippen LogP contribution in [0.5, 0.6) is 5.75 Å². The third kappa shape index (κ3) is 4.99. The molecule has 2 aromatic rings. The molecule has 0 unspecified atom stereocenters. The number of nitrogens with one attached hydrogen (secondary N) is 1. The number of rotatable bonds is 5. The first-order chi connectivity index (χ1) is 14.2. The Kier molecular flexibility index (Phi) is 6.49. The number of imidazole rings is 1.